The number of phenolic OH excluding ortho intramolecular Hbond substituents is 1. The molecule has 2 aromatic rings. The summed E-state index contributed by atoms with van der Waals surface area (Å²) in [6.07, 6.45) is -9.58. The Balaban J connectivity index is 2.33. The van der Waals surface area contributed by atoms with Crippen molar-refractivity contribution >= 4 is 0 Å². The fourth-order valence-electron chi connectivity index (χ4n) is 1.79. The lowest BCUT2D eigenvalue weighted by atomic mass is 10.0. The number of phenols is 1. The first-order chi connectivity index (χ1) is 10.1. The van der Waals surface area contributed by atoms with Gasteiger partial charge in [0.15, 0.2) is 0 Å². The van der Waals surface area contributed by atoms with Crippen LogP contribution < -0.4 is 4.74 Å². The van der Waals surface area contributed by atoms with Crippen LogP contribution in [0.3, 0.4) is 0 Å². The van der Waals surface area contributed by atoms with Gasteiger partial charge in [-0.3, -0.25) is 0 Å². The van der Waals surface area contributed by atoms with E-state index >= 15 is 0 Å². The predicted octanol–water partition coefficient (Wildman–Crippen LogP) is 4.98. The molecule has 0 saturated carbocycles. The summed E-state index contributed by atoms with van der Waals surface area (Å²) < 4.78 is 77.8. The average molecular weight is 322 g/mol. The van der Waals surface area contributed by atoms with Crippen LogP contribution in [0.5, 0.6) is 11.5 Å². The number of alkyl halides is 6. The molecule has 0 aliphatic heterocycles. The molecule has 0 heterocycles. The van der Waals surface area contributed by atoms with Gasteiger partial charge in [0.25, 0.3) is 0 Å². The lowest BCUT2D eigenvalue weighted by molar-refractivity contribution is -0.274. The van der Waals surface area contributed by atoms with Crippen molar-refractivity contribution in [2.24, 2.45) is 0 Å². The summed E-state index contributed by atoms with van der Waals surface area (Å²) in [6, 6.07) is 7.17. The minimum absolute atomic E-state index is 0.101. The highest BCUT2D eigenvalue weighted by molar-refractivity contribution is 5.66. The Kier molecular flexibility index (Phi) is 3.95. The SMILES string of the molecule is Oc1ccc(-c2ccc(OC(F)(F)F)cc2)cc1C(F)(F)F. The zero-order valence-corrected chi connectivity index (χ0v) is 10.7. The topological polar surface area (TPSA) is 29.5 Å². The summed E-state index contributed by atoms with van der Waals surface area (Å²) >= 11 is 0. The lowest BCUT2D eigenvalue weighted by Gasteiger charge is -2.12. The van der Waals surface area contributed by atoms with E-state index in [0.717, 1.165) is 24.3 Å². The molecule has 0 amide bonds. The van der Waals surface area contributed by atoms with Gasteiger partial charge >= 0.3 is 12.5 Å². The molecular formula is C14H8F6O2. The molecular weight excluding hydrogens is 314 g/mol. The molecule has 8 heteroatoms. The summed E-state index contributed by atoms with van der Waals surface area (Å²) in [5.74, 6) is -1.40. The normalized spacial score (nSPS) is 12.3. The van der Waals surface area contributed by atoms with Gasteiger partial charge in [-0.2, -0.15) is 13.2 Å². The fourth-order valence-corrected chi connectivity index (χ4v) is 1.79. The Morgan fingerprint density at radius 1 is 0.773 bits per heavy atom. The number of benzene rings is 2. The van der Waals surface area contributed by atoms with E-state index < -0.39 is 29.6 Å². The number of aromatic hydroxyl groups is 1. The zero-order chi connectivity index (χ0) is 16.5. The minimum atomic E-state index is -4.84. The molecule has 0 fully saturated rings. The number of hydrogen-bond acceptors (Lipinski definition) is 2. The van der Waals surface area contributed by atoms with Crippen LogP contribution in [-0.2, 0) is 6.18 Å². The average Bonchev–Trinajstić information content (AvgIpc) is 2.37. The molecule has 0 aliphatic carbocycles. The van der Waals surface area contributed by atoms with Crippen LogP contribution >= 0.6 is 0 Å². The second-order valence-corrected chi connectivity index (χ2v) is 4.30. The highest BCUT2D eigenvalue weighted by atomic mass is 19.4. The second-order valence-electron chi connectivity index (χ2n) is 4.30. The van der Waals surface area contributed by atoms with Gasteiger partial charge in [0.2, 0.25) is 0 Å². The van der Waals surface area contributed by atoms with Crippen LogP contribution in [0.25, 0.3) is 11.1 Å². The number of hydrogen-bond donors (Lipinski definition) is 1. The second kappa shape index (κ2) is 5.43. The van der Waals surface area contributed by atoms with Crippen molar-refractivity contribution in [2.45, 2.75) is 12.5 Å². The van der Waals surface area contributed by atoms with E-state index in [1.807, 2.05) is 0 Å². The minimum Gasteiger partial charge on any atom is -0.507 e. The van der Waals surface area contributed by atoms with Crippen molar-refractivity contribution in [3.8, 4) is 22.6 Å². The molecule has 1 N–H and O–H groups in total. The smallest absolute Gasteiger partial charge is 0.507 e. The number of halogens is 6. The Labute approximate surface area is 120 Å². The summed E-state index contributed by atoms with van der Waals surface area (Å²) in [5, 5.41) is 9.22. The first-order valence-electron chi connectivity index (χ1n) is 5.83. The summed E-state index contributed by atoms with van der Waals surface area (Å²) in [6.45, 7) is 0. The van der Waals surface area contributed by atoms with Gasteiger partial charge in [-0.05, 0) is 35.4 Å². The summed E-state index contributed by atoms with van der Waals surface area (Å²) in [7, 11) is 0. The van der Waals surface area contributed by atoms with E-state index in [2.05, 4.69) is 4.74 Å². The molecule has 0 aromatic heterocycles. The molecule has 0 unspecified atom stereocenters. The third kappa shape index (κ3) is 3.84. The van der Waals surface area contributed by atoms with Gasteiger partial charge in [-0.15, -0.1) is 13.2 Å². The molecule has 118 valence electrons. The largest absolute Gasteiger partial charge is 0.573 e. The van der Waals surface area contributed by atoms with Crippen LogP contribution in [-0.4, -0.2) is 11.5 Å². The Morgan fingerprint density at radius 3 is 1.82 bits per heavy atom. The van der Waals surface area contributed by atoms with E-state index in [1.54, 1.807) is 0 Å². The molecule has 2 aromatic carbocycles. The third-order valence-corrected chi connectivity index (χ3v) is 2.72. The van der Waals surface area contributed by atoms with Crippen LogP contribution in [0.2, 0.25) is 0 Å². The van der Waals surface area contributed by atoms with Crippen molar-refractivity contribution < 1.29 is 36.2 Å². The van der Waals surface area contributed by atoms with Gasteiger partial charge in [0.1, 0.15) is 11.5 Å². The van der Waals surface area contributed by atoms with Crippen molar-refractivity contribution in [3.05, 3.63) is 48.0 Å². The van der Waals surface area contributed by atoms with Gasteiger partial charge < -0.3 is 9.84 Å². The van der Waals surface area contributed by atoms with E-state index in [1.165, 1.54) is 18.2 Å². The Bertz CT molecular complexity index is 659. The van der Waals surface area contributed by atoms with E-state index in [9.17, 15) is 31.4 Å². The van der Waals surface area contributed by atoms with E-state index in [4.69, 9.17) is 0 Å². The molecule has 2 rings (SSSR count). The van der Waals surface area contributed by atoms with Gasteiger partial charge in [0, 0.05) is 0 Å². The molecule has 0 bridgehead atoms. The van der Waals surface area contributed by atoms with Gasteiger partial charge in [0.05, 0.1) is 5.56 Å². The predicted molar refractivity (Wildman–Crippen MR) is 65.2 cm³/mol. The molecule has 0 radical (unpaired) electrons. The van der Waals surface area contributed by atoms with Crippen molar-refractivity contribution in [1.29, 1.82) is 0 Å². The maximum absolute atomic E-state index is 12.7. The van der Waals surface area contributed by atoms with Gasteiger partial charge in [-0.25, -0.2) is 0 Å². The lowest BCUT2D eigenvalue weighted by Crippen LogP contribution is -2.16. The first kappa shape index (κ1) is 16.0. The standard InChI is InChI=1S/C14H8F6O2/c15-13(16,17)11-7-9(3-6-12(11)21)8-1-4-10(5-2-8)22-14(18,19)20/h1-7,21H. The monoisotopic (exact) mass is 322 g/mol. The summed E-state index contributed by atoms with van der Waals surface area (Å²) in [5.41, 5.74) is -0.871. The first-order valence-corrected chi connectivity index (χ1v) is 5.83. The summed E-state index contributed by atoms with van der Waals surface area (Å²) in [4.78, 5) is 0. The van der Waals surface area contributed by atoms with Crippen LogP contribution in [0.1, 0.15) is 5.56 Å². The van der Waals surface area contributed by atoms with Crippen LogP contribution in [0.4, 0.5) is 26.3 Å². The quantitative estimate of drug-likeness (QED) is 0.791. The molecule has 0 saturated heterocycles. The number of ether oxygens (including phenoxy) is 1. The van der Waals surface area contributed by atoms with Crippen molar-refractivity contribution in [3.63, 3.8) is 0 Å². The fraction of sp³-hybridized carbons (Fsp3) is 0.143. The van der Waals surface area contributed by atoms with Gasteiger partial charge in [-0.1, -0.05) is 18.2 Å². The van der Waals surface area contributed by atoms with Crippen LogP contribution in [0.15, 0.2) is 42.5 Å². The zero-order valence-electron chi connectivity index (χ0n) is 10.7. The number of rotatable bonds is 2. The molecule has 0 aliphatic rings. The molecule has 0 spiro atoms. The Morgan fingerprint density at radius 2 is 1.32 bits per heavy atom. The Hall–Kier alpha value is -2.38. The molecule has 22 heavy (non-hydrogen) atoms. The third-order valence-electron chi connectivity index (χ3n) is 2.72. The highest BCUT2D eigenvalue weighted by Crippen LogP contribution is 2.38. The maximum Gasteiger partial charge on any atom is 0.573 e. The highest BCUT2D eigenvalue weighted by Gasteiger charge is 2.34. The molecule has 0 atom stereocenters. The van der Waals surface area contributed by atoms with E-state index in [-0.39, 0.29) is 11.1 Å². The van der Waals surface area contributed by atoms with Crippen molar-refractivity contribution in [1.82, 2.24) is 0 Å². The van der Waals surface area contributed by atoms with Crippen LogP contribution in [0, 0.1) is 0 Å². The van der Waals surface area contributed by atoms with Crippen molar-refractivity contribution in [2.75, 3.05) is 0 Å². The van der Waals surface area contributed by atoms with E-state index in [0.29, 0.717) is 0 Å². The maximum atomic E-state index is 12.7. The molecule has 2 nitrogen and oxygen atoms in total.